The van der Waals surface area contributed by atoms with E-state index < -0.39 is 10.2 Å². The largest absolute Gasteiger partial charge is 0.409 e. The number of hydrogen-bond acceptors (Lipinski definition) is 8. The number of nitrogens with two attached hydrogens (primary N) is 1. The third-order valence-corrected chi connectivity index (χ3v) is 5.56. The van der Waals surface area contributed by atoms with Crippen LogP contribution in [-0.4, -0.2) is 47.2 Å². The van der Waals surface area contributed by atoms with Gasteiger partial charge in [-0.05, 0) is 45.2 Å². The van der Waals surface area contributed by atoms with E-state index in [4.69, 9.17) is 9.77 Å². The van der Waals surface area contributed by atoms with E-state index in [1.54, 1.807) is 0 Å². The molecule has 12 heteroatoms. The highest BCUT2D eigenvalue weighted by Gasteiger charge is 2.22. The molecule has 0 bridgehead atoms. The van der Waals surface area contributed by atoms with Crippen LogP contribution in [0.25, 0.3) is 10.8 Å². The Kier molecular flexibility index (Phi) is 5.25. The number of aromatic nitrogens is 2. The molecule has 30 heavy (non-hydrogen) atoms. The minimum absolute atomic E-state index is 0.0422. The highest BCUT2D eigenvalue weighted by molar-refractivity contribution is 7.86. The maximum absolute atomic E-state index is 11.4. The van der Waals surface area contributed by atoms with Crippen LogP contribution in [0.3, 0.4) is 0 Å². The van der Waals surface area contributed by atoms with E-state index in [1.165, 1.54) is 6.20 Å². The fourth-order valence-corrected chi connectivity index (χ4v) is 3.76. The van der Waals surface area contributed by atoms with Gasteiger partial charge in [0.15, 0.2) is 5.69 Å². The van der Waals surface area contributed by atoms with Crippen LogP contribution in [0.4, 0.5) is 11.5 Å². The molecule has 3 aromatic rings. The van der Waals surface area contributed by atoms with Gasteiger partial charge >= 0.3 is 0 Å². The summed E-state index contributed by atoms with van der Waals surface area (Å²) in [5, 5.41) is 33.6. The van der Waals surface area contributed by atoms with Crippen LogP contribution in [-0.2, 0) is 10.2 Å². The molecule has 0 amide bonds. The third kappa shape index (κ3) is 4.18. The van der Waals surface area contributed by atoms with Crippen LogP contribution in [0.15, 0.2) is 64.0 Å². The van der Waals surface area contributed by atoms with Crippen molar-refractivity contribution in [3.63, 3.8) is 0 Å². The van der Waals surface area contributed by atoms with Crippen molar-refractivity contribution in [1.29, 1.82) is 0 Å². The van der Waals surface area contributed by atoms with Crippen molar-refractivity contribution in [3.05, 3.63) is 59.9 Å². The molecule has 4 rings (SSSR count). The number of rotatable bonds is 6. The summed E-state index contributed by atoms with van der Waals surface area (Å²) in [5.41, 5.74) is 1.67. The van der Waals surface area contributed by atoms with Gasteiger partial charge in [0, 0.05) is 25.0 Å². The van der Waals surface area contributed by atoms with Gasteiger partial charge in [0.25, 0.3) is 10.2 Å². The quantitative estimate of drug-likeness (QED) is 0.199. The summed E-state index contributed by atoms with van der Waals surface area (Å²) in [4.78, 5) is 0. The fourth-order valence-electron chi connectivity index (χ4n) is 3.11. The lowest BCUT2D eigenvalue weighted by Gasteiger charge is -2.10. The molecule has 0 saturated carbocycles. The number of anilines is 2. The van der Waals surface area contributed by atoms with Crippen molar-refractivity contribution < 1.29 is 18.3 Å². The Balaban J connectivity index is 1.48. The highest BCUT2D eigenvalue weighted by atomic mass is 32.2. The van der Waals surface area contributed by atoms with E-state index in [2.05, 4.69) is 26.1 Å². The lowest BCUT2D eigenvalue weighted by atomic mass is 10.1. The predicted octanol–water partition coefficient (Wildman–Crippen LogP) is 1.68. The van der Waals surface area contributed by atoms with Gasteiger partial charge in [0.05, 0.1) is 0 Å². The number of fused-ring (bicyclic) bond motifs is 1. The van der Waals surface area contributed by atoms with E-state index in [0.717, 1.165) is 20.7 Å². The Morgan fingerprint density at radius 1 is 1.23 bits per heavy atom. The number of amidine groups is 1. The lowest BCUT2D eigenvalue weighted by Crippen LogP contribution is -2.30. The zero-order valence-electron chi connectivity index (χ0n) is 15.7. The number of benzene rings is 2. The van der Waals surface area contributed by atoms with Gasteiger partial charge in [-0.3, -0.25) is 4.31 Å². The van der Waals surface area contributed by atoms with Crippen LogP contribution in [0, 0.1) is 0 Å². The molecule has 1 aromatic heterocycles. The normalized spacial score (nSPS) is 14.8. The number of hydrogen-bond donors (Lipinski definition) is 4. The first-order valence-electron chi connectivity index (χ1n) is 8.98. The molecule has 0 aliphatic carbocycles. The monoisotopic (exact) mass is 429 g/mol. The van der Waals surface area contributed by atoms with E-state index in [0.29, 0.717) is 18.7 Å². The summed E-state index contributed by atoms with van der Waals surface area (Å²) < 4.78 is 28.7. The summed E-state index contributed by atoms with van der Waals surface area (Å²) in [6, 6.07) is 13.6. The van der Waals surface area contributed by atoms with Crippen LogP contribution in [0.1, 0.15) is 12.1 Å². The molecule has 1 aliphatic rings. The molecular formula is C18H19N7O4S. The van der Waals surface area contributed by atoms with Crippen LogP contribution < -0.4 is 15.8 Å². The Morgan fingerprint density at radius 3 is 2.77 bits per heavy atom. The van der Waals surface area contributed by atoms with E-state index in [1.807, 2.05) is 42.5 Å². The predicted molar refractivity (Wildman–Crippen MR) is 111 cm³/mol. The topological polar surface area (TPSA) is 159 Å². The van der Waals surface area contributed by atoms with Gasteiger partial charge in [-0.15, -0.1) is 0 Å². The number of oxime groups is 1. The van der Waals surface area contributed by atoms with Crippen molar-refractivity contribution in [2.45, 2.75) is 6.42 Å². The molecular weight excluding hydrogens is 410 g/mol. The summed E-state index contributed by atoms with van der Waals surface area (Å²) in [6.45, 7) is 0.578. The molecule has 5 N–H and O–H groups in total. The summed E-state index contributed by atoms with van der Waals surface area (Å²) in [7, 11) is -3.76. The van der Waals surface area contributed by atoms with E-state index >= 15 is 0 Å². The molecule has 156 valence electrons. The molecule has 0 unspecified atom stereocenters. The SMILES string of the molecule is NS(=O)(=O)N1C=C(CNc2nonc2/C(=N/O)Nc2ccc3ccccc3c2)CC1. The zero-order valence-corrected chi connectivity index (χ0v) is 16.5. The standard InChI is InChI=1S/C18H19N7O4S/c19-30(27,28)25-8-7-12(11-25)10-20-17-16(23-29-24-17)18(22-26)21-15-6-5-13-3-1-2-4-14(13)9-15/h1-6,9,11,26H,7-8,10H2,(H,20,24)(H,21,22)(H2,19,27,28). The Hall–Kier alpha value is -3.64. The molecule has 0 radical (unpaired) electrons. The second-order valence-electron chi connectivity index (χ2n) is 6.64. The number of nitrogens with zero attached hydrogens (tertiary/aromatic N) is 4. The van der Waals surface area contributed by atoms with Crippen molar-refractivity contribution in [1.82, 2.24) is 14.6 Å². The Labute approximate surface area is 172 Å². The average Bonchev–Trinajstić information content (AvgIpc) is 3.39. The molecule has 2 heterocycles. The summed E-state index contributed by atoms with van der Waals surface area (Å²) >= 11 is 0. The number of nitrogens with one attached hydrogen (secondary N) is 2. The Bertz CT molecular complexity index is 1240. The Morgan fingerprint density at radius 2 is 2.03 bits per heavy atom. The van der Waals surface area contributed by atoms with Crippen molar-refractivity contribution >= 4 is 38.3 Å². The van der Waals surface area contributed by atoms with Crippen LogP contribution in [0.5, 0.6) is 0 Å². The van der Waals surface area contributed by atoms with Gasteiger partial charge in [-0.25, -0.2) is 9.77 Å². The van der Waals surface area contributed by atoms with Gasteiger partial charge in [0.2, 0.25) is 11.7 Å². The fraction of sp³-hybridized carbons (Fsp3) is 0.167. The lowest BCUT2D eigenvalue weighted by molar-refractivity contribution is 0.305. The van der Waals surface area contributed by atoms with Gasteiger partial charge in [-0.2, -0.15) is 8.42 Å². The molecule has 2 aromatic carbocycles. The van der Waals surface area contributed by atoms with Crippen LogP contribution >= 0.6 is 0 Å². The van der Waals surface area contributed by atoms with Crippen molar-refractivity contribution in [2.75, 3.05) is 23.7 Å². The molecule has 11 nitrogen and oxygen atoms in total. The first-order chi connectivity index (χ1) is 14.4. The second-order valence-corrected chi connectivity index (χ2v) is 8.14. The van der Waals surface area contributed by atoms with E-state index in [-0.39, 0.29) is 23.9 Å². The molecule has 0 atom stereocenters. The summed E-state index contributed by atoms with van der Waals surface area (Å²) in [6.07, 6.45) is 2.00. The average molecular weight is 429 g/mol. The second kappa shape index (κ2) is 8.00. The van der Waals surface area contributed by atoms with Gasteiger partial charge in [-0.1, -0.05) is 35.5 Å². The first kappa shape index (κ1) is 19.7. The maximum atomic E-state index is 11.4. The summed E-state index contributed by atoms with van der Waals surface area (Å²) in [5.74, 6) is 0.284. The minimum atomic E-state index is -3.76. The van der Waals surface area contributed by atoms with E-state index in [9.17, 15) is 13.6 Å². The smallest absolute Gasteiger partial charge is 0.298 e. The molecule has 0 spiro atoms. The highest BCUT2D eigenvalue weighted by Crippen LogP contribution is 2.21. The maximum Gasteiger partial charge on any atom is 0.298 e. The van der Waals surface area contributed by atoms with Gasteiger partial charge < -0.3 is 15.8 Å². The van der Waals surface area contributed by atoms with Crippen molar-refractivity contribution in [2.24, 2.45) is 10.3 Å². The first-order valence-corrected chi connectivity index (χ1v) is 10.5. The molecule has 1 aliphatic heterocycles. The minimum Gasteiger partial charge on any atom is -0.409 e. The molecule has 0 fully saturated rings. The zero-order chi connectivity index (χ0) is 21.1. The van der Waals surface area contributed by atoms with Crippen LogP contribution in [0.2, 0.25) is 0 Å². The molecule has 0 saturated heterocycles. The van der Waals surface area contributed by atoms with Crippen molar-refractivity contribution in [3.8, 4) is 0 Å². The van der Waals surface area contributed by atoms with Gasteiger partial charge in [0.1, 0.15) is 0 Å². The third-order valence-electron chi connectivity index (χ3n) is 4.61.